The predicted molar refractivity (Wildman–Crippen MR) is 118 cm³/mol. The van der Waals surface area contributed by atoms with Crippen LogP contribution in [-0.4, -0.2) is 57.0 Å². The Hall–Kier alpha value is -2.75. The molecule has 3 heterocycles. The van der Waals surface area contributed by atoms with Gasteiger partial charge in [-0.25, -0.2) is 0 Å². The van der Waals surface area contributed by atoms with E-state index in [0.29, 0.717) is 30.1 Å². The van der Waals surface area contributed by atoms with Gasteiger partial charge in [-0.05, 0) is 30.2 Å². The van der Waals surface area contributed by atoms with Crippen molar-refractivity contribution in [2.45, 2.75) is 38.2 Å². The Balaban J connectivity index is 1.79. The zero-order valence-corrected chi connectivity index (χ0v) is 19.1. The summed E-state index contributed by atoms with van der Waals surface area (Å²) in [5.41, 5.74) is 0.820. The van der Waals surface area contributed by atoms with Crippen molar-refractivity contribution in [3.63, 3.8) is 0 Å². The molecule has 1 saturated heterocycles. The maximum Gasteiger partial charge on any atom is 0.347 e. The van der Waals surface area contributed by atoms with E-state index in [1.54, 1.807) is 12.3 Å². The number of hydrogen-bond acceptors (Lipinski definition) is 7. The number of rotatable bonds is 7. The molecule has 0 spiro atoms. The summed E-state index contributed by atoms with van der Waals surface area (Å²) in [6, 6.07) is 9.53. The molecule has 0 aliphatic carbocycles. The van der Waals surface area contributed by atoms with Crippen molar-refractivity contribution >= 4 is 0 Å². The van der Waals surface area contributed by atoms with Crippen LogP contribution in [0.1, 0.15) is 49.3 Å². The number of aliphatic hydroxyl groups excluding tert-OH is 1. The number of halogens is 2. The molecule has 1 aromatic carbocycles. The zero-order valence-electron chi connectivity index (χ0n) is 19.1. The normalized spacial score (nSPS) is 18.2. The third-order valence-electron chi connectivity index (χ3n) is 6.46. The van der Waals surface area contributed by atoms with Crippen LogP contribution in [0.5, 0.6) is 0 Å². The van der Waals surface area contributed by atoms with Gasteiger partial charge in [0.1, 0.15) is 12.2 Å². The van der Waals surface area contributed by atoms with Crippen molar-refractivity contribution in [3.8, 4) is 11.4 Å². The molecule has 1 aliphatic rings. The van der Waals surface area contributed by atoms with Gasteiger partial charge in [0.2, 0.25) is 5.82 Å². The average Bonchev–Trinajstić information content (AvgIpc) is 3.29. The Labute approximate surface area is 191 Å². The zero-order chi connectivity index (χ0) is 24.0. The third-order valence-corrected chi connectivity index (χ3v) is 6.46. The quantitative estimate of drug-likeness (QED) is 0.559. The monoisotopic (exact) mass is 458 g/mol. The summed E-state index contributed by atoms with van der Waals surface area (Å²) in [5.74, 6) is -4.36. The van der Waals surface area contributed by atoms with Crippen molar-refractivity contribution in [2.24, 2.45) is 5.41 Å². The summed E-state index contributed by atoms with van der Waals surface area (Å²) < 4.78 is 32.1. The van der Waals surface area contributed by atoms with Crippen LogP contribution in [0.25, 0.3) is 11.4 Å². The first-order valence-electron chi connectivity index (χ1n) is 10.8. The molecular weight excluding hydrogens is 430 g/mol. The summed E-state index contributed by atoms with van der Waals surface area (Å²) >= 11 is 0. The fourth-order valence-corrected chi connectivity index (χ4v) is 4.66. The van der Waals surface area contributed by atoms with Crippen molar-refractivity contribution in [1.29, 1.82) is 0 Å². The van der Waals surface area contributed by atoms with Gasteiger partial charge in [-0.3, -0.25) is 4.98 Å². The lowest BCUT2D eigenvalue weighted by atomic mass is 9.62. The van der Waals surface area contributed by atoms with Crippen molar-refractivity contribution in [2.75, 3.05) is 26.7 Å². The van der Waals surface area contributed by atoms with Gasteiger partial charge in [-0.1, -0.05) is 50.2 Å². The molecule has 0 saturated carbocycles. The van der Waals surface area contributed by atoms with Gasteiger partial charge in [-0.2, -0.15) is 13.8 Å². The van der Waals surface area contributed by atoms with Crippen LogP contribution < -0.4 is 0 Å². The van der Waals surface area contributed by atoms with E-state index in [9.17, 15) is 13.9 Å². The first-order valence-corrected chi connectivity index (χ1v) is 10.8. The Morgan fingerprint density at radius 1 is 1.15 bits per heavy atom. The van der Waals surface area contributed by atoms with E-state index in [2.05, 4.69) is 38.4 Å². The molecule has 176 valence electrons. The molecular formula is C24H28F2N4O3. The van der Waals surface area contributed by atoms with E-state index in [1.807, 2.05) is 38.2 Å². The largest absolute Gasteiger partial charge is 0.390 e. The van der Waals surface area contributed by atoms with Gasteiger partial charge >= 0.3 is 5.92 Å². The second kappa shape index (κ2) is 8.23. The van der Waals surface area contributed by atoms with Gasteiger partial charge in [0.15, 0.2) is 0 Å². The molecule has 1 fully saturated rings. The molecule has 0 unspecified atom stereocenters. The van der Waals surface area contributed by atoms with Crippen LogP contribution in [0, 0.1) is 5.41 Å². The van der Waals surface area contributed by atoms with Gasteiger partial charge in [-0.15, -0.1) is 0 Å². The van der Waals surface area contributed by atoms with Crippen LogP contribution in [0.15, 0.2) is 47.2 Å². The lowest BCUT2D eigenvalue weighted by Crippen LogP contribution is -2.63. The van der Waals surface area contributed by atoms with E-state index in [-0.39, 0.29) is 5.82 Å². The SMILES string of the molecule is CC(C)c1ccc([C@](O)(c2cncc(-c3noc(C(F)(F)CO)n3)c2)C2(C)CN(C)C2)cc1. The Morgan fingerprint density at radius 2 is 1.82 bits per heavy atom. The number of alkyl halides is 2. The average molecular weight is 459 g/mol. The number of pyridine rings is 1. The molecule has 7 nitrogen and oxygen atoms in total. The lowest BCUT2D eigenvalue weighted by molar-refractivity contribution is -0.127. The number of aliphatic hydroxyl groups is 2. The molecule has 9 heteroatoms. The Bertz CT molecular complexity index is 1130. The maximum absolute atomic E-state index is 13.7. The molecule has 0 radical (unpaired) electrons. The van der Waals surface area contributed by atoms with Crippen molar-refractivity contribution in [3.05, 3.63) is 65.3 Å². The second-order valence-electron chi connectivity index (χ2n) is 9.47. The van der Waals surface area contributed by atoms with Crippen molar-refractivity contribution < 1.29 is 23.5 Å². The maximum atomic E-state index is 13.7. The van der Waals surface area contributed by atoms with Crippen LogP contribution in [0.2, 0.25) is 0 Å². The lowest BCUT2D eigenvalue weighted by Gasteiger charge is -2.55. The molecule has 1 atom stereocenters. The van der Waals surface area contributed by atoms with E-state index >= 15 is 0 Å². The number of likely N-dealkylation sites (tertiary alicyclic amines) is 1. The van der Waals surface area contributed by atoms with Crippen LogP contribution >= 0.6 is 0 Å². The molecule has 2 aromatic heterocycles. The highest BCUT2D eigenvalue weighted by atomic mass is 19.3. The second-order valence-corrected chi connectivity index (χ2v) is 9.47. The van der Waals surface area contributed by atoms with E-state index < -0.39 is 29.4 Å². The van der Waals surface area contributed by atoms with Crippen LogP contribution in [0.3, 0.4) is 0 Å². The fraction of sp³-hybridized carbons (Fsp3) is 0.458. The standard InChI is InChI=1S/C24H28F2N4O3/c1-15(2)16-5-7-18(8-6-16)24(32,22(3)12-30(4)13-22)19-9-17(10-27-11-19)20-28-21(33-29-20)23(25,26)14-31/h5-11,15,31-32H,12-14H2,1-4H3/t24-/m0/s1. The van der Waals surface area contributed by atoms with E-state index in [1.165, 1.54) is 6.20 Å². The van der Waals surface area contributed by atoms with E-state index in [0.717, 1.165) is 11.1 Å². The van der Waals surface area contributed by atoms with Crippen LogP contribution in [-0.2, 0) is 11.5 Å². The minimum absolute atomic E-state index is 0.0964. The fourth-order valence-electron chi connectivity index (χ4n) is 4.66. The smallest absolute Gasteiger partial charge is 0.347 e. The molecule has 4 rings (SSSR count). The minimum atomic E-state index is -3.64. The van der Waals surface area contributed by atoms with Crippen molar-refractivity contribution in [1.82, 2.24) is 20.0 Å². The van der Waals surface area contributed by atoms with Gasteiger partial charge in [0, 0.05) is 42.0 Å². The Morgan fingerprint density at radius 3 is 2.39 bits per heavy atom. The van der Waals surface area contributed by atoms with Gasteiger partial charge < -0.3 is 19.6 Å². The molecule has 0 amide bonds. The summed E-state index contributed by atoms with van der Waals surface area (Å²) in [5, 5.41) is 24.7. The summed E-state index contributed by atoms with van der Waals surface area (Å²) in [6.45, 7) is 6.12. The highest BCUT2D eigenvalue weighted by molar-refractivity contribution is 5.56. The number of nitrogens with zero attached hydrogens (tertiary/aromatic N) is 4. The molecule has 1 aliphatic heterocycles. The van der Waals surface area contributed by atoms with Crippen LogP contribution in [0.4, 0.5) is 8.78 Å². The first kappa shape index (κ1) is 23.4. The molecule has 2 N–H and O–H groups in total. The highest BCUT2D eigenvalue weighted by Gasteiger charge is 2.55. The topological polar surface area (TPSA) is 95.5 Å². The minimum Gasteiger partial charge on any atom is -0.390 e. The number of hydrogen-bond donors (Lipinski definition) is 2. The van der Waals surface area contributed by atoms with E-state index in [4.69, 9.17) is 5.11 Å². The highest BCUT2D eigenvalue weighted by Crippen LogP contribution is 2.50. The Kier molecular flexibility index (Phi) is 5.84. The molecule has 3 aromatic rings. The summed E-state index contributed by atoms with van der Waals surface area (Å²) in [6.07, 6.45) is 3.00. The predicted octanol–water partition coefficient (Wildman–Crippen LogP) is 3.53. The summed E-state index contributed by atoms with van der Waals surface area (Å²) in [4.78, 5) is 10.1. The molecule has 33 heavy (non-hydrogen) atoms. The first-order chi connectivity index (χ1) is 15.5. The summed E-state index contributed by atoms with van der Waals surface area (Å²) in [7, 11) is 1.99. The number of benzene rings is 1. The number of aromatic nitrogens is 3. The van der Waals surface area contributed by atoms with Gasteiger partial charge in [0.25, 0.3) is 5.89 Å². The third kappa shape index (κ3) is 3.94. The van der Waals surface area contributed by atoms with Gasteiger partial charge in [0.05, 0.1) is 0 Å². The molecule has 0 bridgehead atoms.